The number of aryl methyl sites for hydroxylation is 1. The molecular formula is C26H32F3NO4. The first kappa shape index (κ1) is 27.2. The van der Waals surface area contributed by atoms with Gasteiger partial charge in [0, 0.05) is 6.42 Å². The van der Waals surface area contributed by atoms with Crippen LogP contribution in [-0.4, -0.2) is 23.1 Å². The van der Waals surface area contributed by atoms with Crippen molar-refractivity contribution in [2.45, 2.75) is 78.2 Å². The molecule has 0 unspecified atom stereocenters. The third-order valence-corrected chi connectivity index (χ3v) is 5.37. The highest BCUT2D eigenvalue weighted by Gasteiger charge is 2.27. The zero-order valence-electron chi connectivity index (χ0n) is 20.6. The molecule has 0 heterocycles. The summed E-state index contributed by atoms with van der Waals surface area (Å²) in [5, 5.41) is 12.9. The quantitative estimate of drug-likeness (QED) is 0.399. The molecule has 0 saturated heterocycles. The van der Waals surface area contributed by atoms with Crippen molar-refractivity contribution in [1.82, 2.24) is 0 Å². The number of phenols is 1. The van der Waals surface area contributed by atoms with Gasteiger partial charge in [-0.2, -0.15) is 0 Å². The number of amides is 1. The fraction of sp³-hybridized carbons (Fsp3) is 0.462. The van der Waals surface area contributed by atoms with Crippen LogP contribution < -0.4 is 5.32 Å². The Hall–Kier alpha value is -3.03. The van der Waals surface area contributed by atoms with Crippen molar-refractivity contribution in [3.63, 3.8) is 0 Å². The van der Waals surface area contributed by atoms with Gasteiger partial charge in [0.25, 0.3) is 5.91 Å². The highest BCUT2D eigenvalue weighted by atomic mass is 19.2. The van der Waals surface area contributed by atoms with E-state index in [1.54, 1.807) is 0 Å². The molecule has 186 valence electrons. The van der Waals surface area contributed by atoms with Gasteiger partial charge in [0.2, 0.25) is 0 Å². The smallest absolute Gasteiger partial charge is 0.306 e. The fourth-order valence-electron chi connectivity index (χ4n) is 3.39. The largest absolute Gasteiger partial charge is 0.507 e. The van der Waals surface area contributed by atoms with E-state index in [4.69, 9.17) is 4.74 Å². The Morgan fingerprint density at radius 3 is 2.00 bits per heavy atom. The van der Waals surface area contributed by atoms with E-state index in [0.717, 1.165) is 22.8 Å². The Bertz CT molecular complexity index is 1050. The maximum absolute atomic E-state index is 13.8. The lowest BCUT2D eigenvalue weighted by Gasteiger charge is -2.28. The van der Waals surface area contributed by atoms with Gasteiger partial charge in [-0.05, 0) is 53.0 Å². The van der Waals surface area contributed by atoms with Crippen LogP contribution in [0.25, 0.3) is 0 Å². The Kier molecular flexibility index (Phi) is 8.06. The molecule has 0 aliphatic rings. The number of halogens is 3. The second-order valence-corrected chi connectivity index (χ2v) is 10.4. The van der Waals surface area contributed by atoms with Crippen molar-refractivity contribution >= 4 is 17.6 Å². The lowest BCUT2D eigenvalue weighted by molar-refractivity contribution is -0.153. The SMILES string of the molecule is C[C@H](OC(=O)CCc1cc(C(C)(C)C)c(O)c(C(C)(C)C)c1)C(=O)Nc1ccc(F)c(F)c1F. The number of phenolic OH excluding ortho intramolecular Hbond substituents is 1. The lowest BCUT2D eigenvalue weighted by atomic mass is 9.78. The Balaban J connectivity index is 2.08. The van der Waals surface area contributed by atoms with E-state index in [1.807, 2.05) is 53.7 Å². The lowest BCUT2D eigenvalue weighted by Crippen LogP contribution is -2.30. The van der Waals surface area contributed by atoms with Gasteiger partial charge in [-0.15, -0.1) is 0 Å². The number of nitrogens with one attached hydrogen (secondary N) is 1. The van der Waals surface area contributed by atoms with Gasteiger partial charge in [-0.25, -0.2) is 13.2 Å². The van der Waals surface area contributed by atoms with Crippen LogP contribution in [0.1, 0.15) is 71.6 Å². The van der Waals surface area contributed by atoms with Crippen molar-refractivity contribution in [2.75, 3.05) is 5.32 Å². The summed E-state index contributed by atoms with van der Waals surface area (Å²) in [4.78, 5) is 24.6. The summed E-state index contributed by atoms with van der Waals surface area (Å²) in [6.45, 7) is 13.2. The third kappa shape index (κ3) is 6.52. The topological polar surface area (TPSA) is 75.6 Å². The summed E-state index contributed by atoms with van der Waals surface area (Å²) in [6, 6.07) is 5.28. The number of aromatic hydroxyl groups is 1. The minimum atomic E-state index is -1.71. The molecule has 2 aromatic rings. The molecule has 0 radical (unpaired) electrons. The van der Waals surface area contributed by atoms with Gasteiger partial charge in [-0.3, -0.25) is 9.59 Å². The van der Waals surface area contributed by atoms with Crippen molar-refractivity contribution in [3.05, 3.63) is 58.4 Å². The molecule has 2 rings (SSSR count). The fourth-order valence-corrected chi connectivity index (χ4v) is 3.39. The molecule has 8 heteroatoms. The molecule has 0 bridgehead atoms. The van der Waals surface area contributed by atoms with Gasteiger partial charge in [0.15, 0.2) is 23.6 Å². The molecule has 5 nitrogen and oxygen atoms in total. The first-order valence-electron chi connectivity index (χ1n) is 11.0. The summed E-state index contributed by atoms with van der Waals surface area (Å²) in [7, 11) is 0. The summed E-state index contributed by atoms with van der Waals surface area (Å²) in [6.07, 6.45) is -0.998. The van der Waals surface area contributed by atoms with E-state index in [9.17, 15) is 27.9 Å². The molecule has 0 aliphatic carbocycles. The minimum Gasteiger partial charge on any atom is -0.507 e. The monoisotopic (exact) mass is 479 g/mol. The van der Waals surface area contributed by atoms with Crippen molar-refractivity contribution in [1.29, 1.82) is 0 Å². The van der Waals surface area contributed by atoms with Crippen LogP contribution in [0.2, 0.25) is 0 Å². The van der Waals surface area contributed by atoms with Gasteiger partial charge in [0.1, 0.15) is 5.75 Å². The third-order valence-electron chi connectivity index (χ3n) is 5.37. The number of esters is 1. The van der Waals surface area contributed by atoms with Crippen LogP contribution in [0.15, 0.2) is 24.3 Å². The van der Waals surface area contributed by atoms with E-state index in [2.05, 4.69) is 5.32 Å². The minimum absolute atomic E-state index is 0.0326. The Morgan fingerprint density at radius 2 is 1.50 bits per heavy atom. The van der Waals surface area contributed by atoms with Crippen LogP contribution in [0.3, 0.4) is 0 Å². The van der Waals surface area contributed by atoms with Crippen molar-refractivity contribution < 1.29 is 32.6 Å². The van der Waals surface area contributed by atoms with E-state index >= 15 is 0 Å². The van der Waals surface area contributed by atoms with Gasteiger partial charge in [-0.1, -0.05) is 53.7 Å². The normalized spacial score (nSPS) is 12.9. The van der Waals surface area contributed by atoms with Gasteiger partial charge < -0.3 is 15.2 Å². The number of rotatable bonds is 6. The van der Waals surface area contributed by atoms with Crippen LogP contribution in [0, 0.1) is 17.5 Å². The molecule has 34 heavy (non-hydrogen) atoms. The molecule has 0 spiro atoms. The van der Waals surface area contributed by atoms with Crippen molar-refractivity contribution in [3.8, 4) is 5.75 Å². The molecular weight excluding hydrogens is 447 g/mol. The maximum atomic E-state index is 13.8. The number of hydrogen-bond donors (Lipinski definition) is 2. The van der Waals surface area contributed by atoms with Crippen LogP contribution in [0.5, 0.6) is 5.75 Å². The molecule has 0 fully saturated rings. The number of benzene rings is 2. The summed E-state index contributed by atoms with van der Waals surface area (Å²) >= 11 is 0. The number of ether oxygens (including phenoxy) is 1. The predicted molar refractivity (Wildman–Crippen MR) is 124 cm³/mol. The predicted octanol–water partition coefficient (Wildman–Crippen LogP) is 5.91. The standard InChI is InChI=1S/C26H32F3NO4/c1-14(24(33)30-19-10-9-18(27)21(28)22(19)29)34-20(31)11-8-15-12-16(25(2,3)4)23(32)17(13-15)26(5,6)7/h9-10,12-14,32H,8,11H2,1-7H3,(H,30,33)/t14-/m0/s1. The van der Waals surface area contributed by atoms with Crippen LogP contribution in [0.4, 0.5) is 18.9 Å². The van der Waals surface area contributed by atoms with E-state index < -0.39 is 41.1 Å². The molecule has 0 saturated carbocycles. The molecule has 1 amide bonds. The second kappa shape index (κ2) is 10.1. The molecule has 1 atom stereocenters. The van der Waals surface area contributed by atoms with Gasteiger partial charge >= 0.3 is 5.97 Å². The average Bonchev–Trinajstić information content (AvgIpc) is 2.71. The highest BCUT2D eigenvalue weighted by Crippen LogP contribution is 2.40. The molecule has 2 aromatic carbocycles. The summed E-state index contributed by atoms with van der Waals surface area (Å²) < 4.78 is 45.3. The number of anilines is 1. The first-order valence-corrected chi connectivity index (χ1v) is 11.0. The van der Waals surface area contributed by atoms with Crippen molar-refractivity contribution in [2.24, 2.45) is 0 Å². The number of carbonyl (C=O) groups excluding carboxylic acids is 2. The Morgan fingerprint density at radius 1 is 0.971 bits per heavy atom. The van der Waals surface area contributed by atoms with Crippen LogP contribution in [-0.2, 0) is 31.6 Å². The van der Waals surface area contributed by atoms with E-state index in [-0.39, 0.29) is 23.0 Å². The molecule has 2 N–H and O–H groups in total. The summed E-state index contributed by atoms with van der Waals surface area (Å²) in [5.41, 5.74) is 1.19. The molecule has 0 aliphatic heterocycles. The maximum Gasteiger partial charge on any atom is 0.306 e. The Labute approximate surface area is 198 Å². The summed E-state index contributed by atoms with van der Waals surface area (Å²) in [5.74, 6) is -5.93. The van der Waals surface area contributed by atoms with Gasteiger partial charge in [0.05, 0.1) is 5.69 Å². The zero-order valence-corrected chi connectivity index (χ0v) is 20.6. The zero-order chi connectivity index (χ0) is 26.0. The van der Waals surface area contributed by atoms with E-state index in [1.165, 1.54) is 6.92 Å². The number of carbonyl (C=O) groups is 2. The number of hydrogen-bond acceptors (Lipinski definition) is 4. The van der Waals surface area contributed by atoms with E-state index in [0.29, 0.717) is 12.5 Å². The highest BCUT2D eigenvalue weighted by molar-refractivity contribution is 5.95. The second-order valence-electron chi connectivity index (χ2n) is 10.4. The molecule has 0 aromatic heterocycles. The van der Waals surface area contributed by atoms with Crippen LogP contribution >= 0.6 is 0 Å². The first-order chi connectivity index (χ1) is 15.5. The average molecular weight is 480 g/mol.